The van der Waals surface area contributed by atoms with Crippen molar-refractivity contribution in [2.45, 2.75) is 38.8 Å². The average molecular weight is 367 g/mol. The molecule has 1 unspecified atom stereocenters. The van der Waals surface area contributed by atoms with E-state index in [2.05, 4.69) is 65.6 Å². The molecule has 1 aliphatic rings. The molecule has 2 aromatic carbocycles. The van der Waals surface area contributed by atoms with Crippen molar-refractivity contribution < 1.29 is 9.53 Å². The van der Waals surface area contributed by atoms with E-state index >= 15 is 0 Å². The van der Waals surface area contributed by atoms with E-state index in [9.17, 15) is 4.79 Å². The van der Waals surface area contributed by atoms with Crippen molar-refractivity contribution in [1.29, 1.82) is 0 Å². The molecule has 0 spiro atoms. The molecular weight excluding hydrogens is 336 g/mol. The largest absolute Gasteiger partial charge is 0.444 e. The number of hydrogen-bond acceptors (Lipinski definition) is 3. The monoisotopic (exact) mass is 366 g/mol. The number of rotatable bonds is 4. The number of ether oxygens (including phenoxy) is 1. The van der Waals surface area contributed by atoms with Gasteiger partial charge < -0.3 is 9.64 Å². The summed E-state index contributed by atoms with van der Waals surface area (Å²) in [5.74, 6) is 0. The van der Waals surface area contributed by atoms with Gasteiger partial charge in [-0.15, -0.1) is 0 Å². The molecule has 1 fully saturated rings. The van der Waals surface area contributed by atoms with Crippen LogP contribution < -0.4 is 0 Å². The summed E-state index contributed by atoms with van der Waals surface area (Å²) in [6, 6.07) is 21.6. The van der Waals surface area contributed by atoms with Crippen molar-refractivity contribution in [3.63, 3.8) is 0 Å². The molecule has 0 aromatic heterocycles. The third-order valence-corrected chi connectivity index (χ3v) is 4.86. The number of carbonyl (C=O) groups excluding carboxylic acids is 1. The summed E-state index contributed by atoms with van der Waals surface area (Å²) in [7, 11) is 0. The molecule has 0 bridgehead atoms. The van der Waals surface area contributed by atoms with Gasteiger partial charge in [0.1, 0.15) is 5.60 Å². The van der Waals surface area contributed by atoms with Gasteiger partial charge in [0.05, 0.1) is 0 Å². The highest BCUT2D eigenvalue weighted by Gasteiger charge is 2.29. The molecule has 1 aliphatic heterocycles. The van der Waals surface area contributed by atoms with Gasteiger partial charge in [-0.25, -0.2) is 4.79 Å². The first-order valence-corrected chi connectivity index (χ1v) is 9.73. The molecule has 1 saturated heterocycles. The van der Waals surface area contributed by atoms with Gasteiger partial charge in [-0.05, 0) is 38.3 Å². The second kappa shape index (κ2) is 8.57. The van der Waals surface area contributed by atoms with E-state index in [1.807, 2.05) is 25.7 Å². The number of amides is 1. The van der Waals surface area contributed by atoms with E-state index < -0.39 is 5.60 Å². The molecule has 2 aromatic rings. The van der Waals surface area contributed by atoms with Crippen molar-refractivity contribution in [1.82, 2.24) is 9.80 Å². The Labute approximate surface area is 162 Å². The molecule has 4 nitrogen and oxygen atoms in total. The molecule has 3 rings (SSSR count). The molecule has 1 heterocycles. The van der Waals surface area contributed by atoms with Crippen LogP contribution in [0.2, 0.25) is 0 Å². The van der Waals surface area contributed by atoms with Crippen LogP contribution in [-0.4, -0.2) is 47.7 Å². The van der Waals surface area contributed by atoms with Crippen LogP contribution in [0.25, 0.3) is 0 Å². The lowest BCUT2D eigenvalue weighted by molar-refractivity contribution is 0.0102. The van der Waals surface area contributed by atoms with Crippen molar-refractivity contribution in [2.75, 3.05) is 26.2 Å². The highest BCUT2D eigenvalue weighted by atomic mass is 16.6. The Bertz CT molecular complexity index is 717. The topological polar surface area (TPSA) is 32.8 Å². The van der Waals surface area contributed by atoms with E-state index in [1.165, 1.54) is 11.1 Å². The fourth-order valence-electron chi connectivity index (χ4n) is 3.51. The van der Waals surface area contributed by atoms with Crippen LogP contribution in [-0.2, 0) is 11.2 Å². The van der Waals surface area contributed by atoms with Gasteiger partial charge in [0.2, 0.25) is 0 Å². The third kappa shape index (κ3) is 5.57. The van der Waals surface area contributed by atoms with Gasteiger partial charge in [-0.3, -0.25) is 4.90 Å². The van der Waals surface area contributed by atoms with Crippen LogP contribution in [0.3, 0.4) is 0 Å². The maximum Gasteiger partial charge on any atom is 0.410 e. The molecule has 144 valence electrons. The standard InChI is InChI=1S/C23H30N2O2/c1-23(2,3)27-22(26)25-16-14-24(15-17-25)21(20-12-8-5-9-13-20)18-19-10-6-4-7-11-19/h4-13,21H,14-18H2,1-3H3. The molecular formula is C23H30N2O2. The summed E-state index contributed by atoms with van der Waals surface area (Å²) < 4.78 is 5.52. The highest BCUT2D eigenvalue weighted by Crippen LogP contribution is 2.26. The van der Waals surface area contributed by atoms with Gasteiger partial charge in [0.25, 0.3) is 0 Å². The van der Waals surface area contributed by atoms with Crippen LogP contribution >= 0.6 is 0 Å². The van der Waals surface area contributed by atoms with Gasteiger partial charge in [-0.2, -0.15) is 0 Å². The molecule has 0 N–H and O–H groups in total. The van der Waals surface area contributed by atoms with E-state index in [-0.39, 0.29) is 6.09 Å². The van der Waals surface area contributed by atoms with Crippen molar-refractivity contribution in [2.24, 2.45) is 0 Å². The smallest absolute Gasteiger partial charge is 0.410 e. The van der Waals surface area contributed by atoms with Crippen LogP contribution in [0.5, 0.6) is 0 Å². The SMILES string of the molecule is CC(C)(C)OC(=O)N1CCN(C(Cc2ccccc2)c2ccccc2)CC1. The summed E-state index contributed by atoms with van der Waals surface area (Å²) in [5.41, 5.74) is 2.21. The minimum Gasteiger partial charge on any atom is -0.444 e. The van der Waals surface area contributed by atoms with E-state index in [1.54, 1.807) is 0 Å². The Morgan fingerprint density at radius 1 is 0.926 bits per heavy atom. The summed E-state index contributed by atoms with van der Waals surface area (Å²) >= 11 is 0. The lowest BCUT2D eigenvalue weighted by atomic mass is 9.97. The molecule has 0 radical (unpaired) electrons. The highest BCUT2D eigenvalue weighted by molar-refractivity contribution is 5.68. The zero-order valence-electron chi connectivity index (χ0n) is 16.6. The fraction of sp³-hybridized carbons (Fsp3) is 0.435. The quantitative estimate of drug-likeness (QED) is 0.797. The normalized spacial score (nSPS) is 16.8. The van der Waals surface area contributed by atoms with Gasteiger partial charge in [-0.1, -0.05) is 60.7 Å². The van der Waals surface area contributed by atoms with Crippen molar-refractivity contribution in [3.8, 4) is 0 Å². The van der Waals surface area contributed by atoms with E-state index in [0.29, 0.717) is 19.1 Å². The second-order valence-electron chi connectivity index (χ2n) is 8.12. The molecule has 27 heavy (non-hydrogen) atoms. The molecule has 0 aliphatic carbocycles. The van der Waals surface area contributed by atoms with Crippen LogP contribution in [0, 0.1) is 0 Å². The summed E-state index contributed by atoms with van der Waals surface area (Å²) in [4.78, 5) is 16.7. The van der Waals surface area contributed by atoms with Gasteiger partial charge in [0, 0.05) is 32.2 Å². The first-order valence-electron chi connectivity index (χ1n) is 9.73. The zero-order valence-corrected chi connectivity index (χ0v) is 16.6. The van der Waals surface area contributed by atoms with Crippen LogP contribution in [0.1, 0.15) is 37.9 Å². The number of nitrogens with zero attached hydrogens (tertiary/aromatic N) is 2. The fourth-order valence-corrected chi connectivity index (χ4v) is 3.51. The van der Waals surface area contributed by atoms with Crippen molar-refractivity contribution >= 4 is 6.09 Å². The minimum absolute atomic E-state index is 0.207. The Balaban J connectivity index is 1.68. The number of benzene rings is 2. The molecule has 1 atom stereocenters. The lowest BCUT2D eigenvalue weighted by Gasteiger charge is -2.40. The number of piperazine rings is 1. The Morgan fingerprint density at radius 2 is 1.48 bits per heavy atom. The lowest BCUT2D eigenvalue weighted by Crippen LogP contribution is -2.51. The first kappa shape index (κ1) is 19.4. The molecule has 4 heteroatoms. The Hall–Kier alpha value is -2.33. The van der Waals surface area contributed by atoms with Crippen molar-refractivity contribution in [3.05, 3.63) is 71.8 Å². The zero-order chi connectivity index (χ0) is 19.3. The van der Waals surface area contributed by atoms with Gasteiger partial charge >= 0.3 is 6.09 Å². The molecule has 0 saturated carbocycles. The summed E-state index contributed by atoms with van der Waals surface area (Å²) in [6.07, 6.45) is 0.763. The predicted octanol–water partition coefficient (Wildman–Crippen LogP) is 4.52. The number of carbonyl (C=O) groups is 1. The maximum atomic E-state index is 12.3. The second-order valence-corrected chi connectivity index (χ2v) is 8.12. The summed E-state index contributed by atoms with van der Waals surface area (Å²) in [5, 5.41) is 0. The Kier molecular flexibility index (Phi) is 6.17. The van der Waals surface area contributed by atoms with Crippen LogP contribution in [0.4, 0.5) is 4.79 Å². The van der Waals surface area contributed by atoms with Crippen LogP contribution in [0.15, 0.2) is 60.7 Å². The predicted molar refractivity (Wildman–Crippen MR) is 109 cm³/mol. The number of hydrogen-bond donors (Lipinski definition) is 0. The van der Waals surface area contributed by atoms with E-state index in [4.69, 9.17) is 4.74 Å². The minimum atomic E-state index is -0.450. The first-order chi connectivity index (χ1) is 12.9. The van der Waals surface area contributed by atoms with E-state index in [0.717, 1.165) is 19.5 Å². The Morgan fingerprint density at radius 3 is 2.04 bits per heavy atom. The summed E-state index contributed by atoms with van der Waals surface area (Å²) in [6.45, 7) is 8.84. The molecule has 1 amide bonds. The maximum absolute atomic E-state index is 12.3. The third-order valence-electron chi connectivity index (χ3n) is 4.86. The van der Waals surface area contributed by atoms with Gasteiger partial charge in [0.15, 0.2) is 0 Å². The average Bonchev–Trinajstić information content (AvgIpc) is 2.66.